The number of nitrogens with two attached hydrogens (primary N) is 1. The van der Waals surface area contributed by atoms with Crippen molar-refractivity contribution in [1.82, 2.24) is 9.97 Å². The molecule has 3 aromatic rings. The lowest BCUT2D eigenvalue weighted by Gasteiger charge is -2.33. The number of fused-ring (bicyclic) bond motifs is 3. The largest absolute Gasteiger partial charge is 0.416 e. The molecule has 5 nitrogen and oxygen atoms in total. The van der Waals surface area contributed by atoms with E-state index in [-0.39, 0.29) is 5.69 Å². The zero-order chi connectivity index (χ0) is 24.9. The van der Waals surface area contributed by atoms with E-state index in [2.05, 4.69) is 27.8 Å². The minimum absolute atomic E-state index is 0.0796. The number of aryl methyl sites for hydroxylation is 2. The monoisotopic (exact) mass is 481 g/mol. The number of allylic oxidation sites excluding steroid dienone is 1. The third-order valence-electron chi connectivity index (χ3n) is 7.08. The molecule has 0 unspecified atom stereocenters. The molecule has 0 spiro atoms. The summed E-state index contributed by atoms with van der Waals surface area (Å²) in [5, 5.41) is 4.25. The van der Waals surface area contributed by atoms with Gasteiger partial charge >= 0.3 is 6.18 Å². The van der Waals surface area contributed by atoms with Crippen molar-refractivity contribution in [2.24, 2.45) is 0 Å². The molecule has 5 rings (SSSR count). The van der Waals surface area contributed by atoms with Crippen molar-refractivity contribution < 1.29 is 13.2 Å². The lowest BCUT2D eigenvalue weighted by Crippen LogP contribution is -2.28. The highest BCUT2D eigenvalue weighted by molar-refractivity contribution is 5.96. The molecule has 184 valence electrons. The van der Waals surface area contributed by atoms with Crippen molar-refractivity contribution in [2.45, 2.75) is 64.6 Å². The van der Waals surface area contributed by atoms with Crippen LogP contribution in [0.15, 0.2) is 36.5 Å². The Bertz CT molecular complexity index is 1310. The Morgan fingerprint density at radius 2 is 1.80 bits per heavy atom. The summed E-state index contributed by atoms with van der Waals surface area (Å²) in [5.41, 5.74) is 11.4. The highest BCUT2D eigenvalue weighted by Gasteiger charge is 2.32. The summed E-state index contributed by atoms with van der Waals surface area (Å²) in [5.74, 6) is 1.24. The maximum atomic E-state index is 13.4. The number of alkyl halides is 3. The number of nitrogens with zero attached hydrogens (tertiary/aromatic N) is 3. The first kappa shape index (κ1) is 23.5. The first-order valence-corrected chi connectivity index (χ1v) is 12.1. The molecule has 0 amide bonds. The van der Waals surface area contributed by atoms with E-state index in [1.807, 2.05) is 13.8 Å². The van der Waals surface area contributed by atoms with Crippen LogP contribution in [0.5, 0.6) is 0 Å². The molecule has 1 aromatic heterocycles. The van der Waals surface area contributed by atoms with Crippen LogP contribution in [0, 0.1) is 6.92 Å². The number of halogens is 3. The second-order valence-electron chi connectivity index (χ2n) is 9.65. The molecule has 1 atom stereocenters. The van der Waals surface area contributed by atoms with Crippen LogP contribution >= 0.6 is 0 Å². The smallest absolute Gasteiger partial charge is 0.399 e. The topological polar surface area (TPSA) is 67.1 Å². The van der Waals surface area contributed by atoms with Crippen LogP contribution in [-0.4, -0.2) is 16.5 Å². The maximum Gasteiger partial charge on any atom is 0.416 e. The van der Waals surface area contributed by atoms with Crippen LogP contribution in [0.2, 0.25) is 0 Å². The molecule has 2 aliphatic rings. The normalized spacial score (nSPS) is 17.1. The van der Waals surface area contributed by atoms with Crippen molar-refractivity contribution >= 4 is 28.1 Å². The summed E-state index contributed by atoms with van der Waals surface area (Å²) in [7, 11) is 0. The molecule has 1 aliphatic heterocycles. The van der Waals surface area contributed by atoms with Gasteiger partial charge < -0.3 is 16.0 Å². The number of nitrogen functional groups attached to an aromatic ring is 1. The highest BCUT2D eigenvalue weighted by Crippen LogP contribution is 2.42. The quantitative estimate of drug-likeness (QED) is 0.406. The van der Waals surface area contributed by atoms with E-state index in [1.54, 1.807) is 6.07 Å². The summed E-state index contributed by atoms with van der Waals surface area (Å²) in [4.78, 5) is 11.8. The van der Waals surface area contributed by atoms with Crippen LogP contribution in [-0.2, 0) is 19.0 Å². The second-order valence-corrected chi connectivity index (χ2v) is 9.65. The fourth-order valence-electron chi connectivity index (χ4n) is 5.37. The third kappa shape index (κ3) is 4.42. The Hall–Kier alpha value is -3.29. The SMILES string of the molecule is C=C1CCCCN1c1cc2c(N[C@H](C)c3cc(N)cc(C(F)(F)F)c3)nc(C)nc2c2c1CCC2. The third-order valence-corrected chi connectivity index (χ3v) is 7.08. The summed E-state index contributed by atoms with van der Waals surface area (Å²) < 4.78 is 40.1. The molecule has 8 heteroatoms. The Balaban J connectivity index is 1.60. The van der Waals surface area contributed by atoms with Crippen LogP contribution in [0.4, 0.5) is 30.4 Å². The Morgan fingerprint density at radius 3 is 2.54 bits per heavy atom. The molecular weight excluding hydrogens is 451 g/mol. The van der Waals surface area contributed by atoms with E-state index in [0.29, 0.717) is 17.2 Å². The van der Waals surface area contributed by atoms with E-state index in [1.165, 1.54) is 16.8 Å². The molecule has 1 aliphatic carbocycles. The maximum absolute atomic E-state index is 13.4. The van der Waals surface area contributed by atoms with Gasteiger partial charge in [0.2, 0.25) is 0 Å². The summed E-state index contributed by atoms with van der Waals surface area (Å²) in [6.45, 7) is 8.92. The fraction of sp³-hybridized carbons (Fsp3) is 0.407. The van der Waals surface area contributed by atoms with Gasteiger partial charge in [-0.3, -0.25) is 0 Å². The number of aromatic nitrogens is 2. The summed E-state index contributed by atoms with van der Waals surface area (Å²) in [6, 6.07) is 5.38. The lowest BCUT2D eigenvalue weighted by atomic mass is 9.99. The standard InChI is InChI=1S/C27H30F3N5/c1-15-7-4-5-10-35(15)24-14-23-25(22-9-6-8-21(22)24)33-17(3)34-26(23)32-16(2)18-11-19(27(28,29)30)13-20(31)12-18/h11-14,16H,1,4-10,31H2,2-3H3,(H,32,33,34)/t16-/m1/s1. The van der Waals surface area contributed by atoms with Crippen molar-refractivity contribution in [3.8, 4) is 0 Å². The Labute approximate surface area is 203 Å². The number of piperidine rings is 1. The minimum atomic E-state index is -4.46. The number of benzene rings is 2. The average molecular weight is 482 g/mol. The van der Waals surface area contributed by atoms with E-state index in [0.717, 1.165) is 73.8 Å². The molecule has 2 aromatic carbocycles. The number of nitrogens with one attached hydrogen (secondary N) is 1. The molecule has 35 heavy (non-hydrogen) atoms. The zero-order valence-corrected chi connectivity index (χ0v) is 20.1. The van der Waals surface area contributed by atoms with E-state index in [4.69, 9.17) is 10.7 Å². The summed E-state index contributed by atoms with van der Waals surface area (Å²) in [6.07, 6.45) is 1.83. The van der Waals surface area contributed by atoms with Crippen molar-refractivity contribution in [1.29, 1.82) is 0 Å². The molecule has 0 bridgehead atoms. The molecule has 1 fully saturated rings. The molecule has 3 N–H and O–H groups in total. The van der Waals surface area contributed by atoms with Gasteiger partial charge in [0.1, 0.15) is 11.6 Å². The highest BCUT2D eigenvalue weighted by atomic mass is 19.4. The number of rotatable bonds is 4. The van der Waals surface area contributed by atoms with Crippen LogP contribution in [0.25, 0.3) is 10.9 Å². The molecular formula is C27H30F3N5. The summed E-state index contributed by atoms with van der Waals surface area (Å²) >= 11 is 0. The van der Waals surface area contributed by atoms with Crippen molar-refractivity contribution in [3.05, 3.63) is 64.6 Å². The predicted octanol–water partition coefficient (Wildman–Crippen LogP) is 6.71. The van der Waals surface area contributed by atoms with Crippen LogP contribution in [0.3, 0.4) is 0 Å². The molecule has 1 saturated heterocycles. The van der Waals surface area contributed by atoms with Gasteiger partial charge in [0.25, 0.3) is 0 Å². The van der Waals surface area contributed by atoms with Gasteiger partial charge in [0.15, 0.2) is 0 Å². The number of anilines is 3. The number of hydrogen-bond donors (Lipinski definition) is 2. The van der Waals surface area contributed by atoms with Crippen molar-refractivity contribution in [2.75, 3.05) is 22.5 Å². The van der Waals surface area contributed by atoms with Gasteiger partial charge in [-0.2, -0.15) is 13.2 Å². The molecule has 0 radical (unpaired) electrons. The zero-order valence-electron chi connectivity index (χ0n) is 20.1. The molecule has 0 saturated carbocycles. The van der Waals surface area contributed by atoms with E-state index < -0.39 is 17.8 Å². The fourth-order valence-corrected chi connectivity index (χ4v) is 5.37. The van der Waals surface area contributed by atoms with Crippen LogP contribution in [0.1, 0.15) is 66.7 Å². The van der Waals surface area contributed by atoms with Gasteiger partial charge in [-0.05, 0) is 93.3 Å². The van der Waals surface area contributed by atoms with Crippen molar-refractivity contribution in [3.63, 3.8) is 0 Å². The molecule has 2 heterocycles. The average Bonchev–Trinajstić information content (AvgIpc) is 3.29. The Kier molecular flexibility index (Phi) is 5.85. The van der Waals surface area contributed by atoms with E-state index in [9.17, 15) is 13.2 Å². The predicted molar refractivity (Wildman–Crippen MR) is 135 cm³/mol. The first-order chi connectivity index (χ1) is 16.6. The van der Waals surface area contributed by atoms with Gasteiger partial charge in [-0.1, -0.05) is 6.58 Å². The lowest BCUT2D eigenvalue weighted by molar-refractivity contribution is -0.137. The first-order valence-electron chi connectivity index (χ1n) is 12.1. The van der Waals surface area contributed by atoms with Gasteiger partial charge in [0, 0.05) is 29.0 Å². The number of hydrogen-bond acceptors (Lipinski definition) is 5. The van der Waals surface area contributed by atoms with Gasteiger partial charge in [0.05, 0.1) is 17.1 Å². The Morgan fingerprint density at radius 1 is 1.03 bits per heavy atom. The van der Waals surface area contributed by atoms with E-state index >= 15 is 0 Å². The second kappa shape index (κ2) is 8.73. The van der Waals surface area contributed by atoms with Gasteiger partial charge in [-0.15, -0.1) is 0 Å². The van der Waals surface area contributed by atoms with Crippen LogP contribution < -0.4 is 16.0 Å². The van der Waals surface area contributed by atoms with Gasteiger partial charge in [-0.25, -0.2) is 9.97 Å². The minimum Gasteiger partial charge on any atom is -0.399 e.